The van der Waals surface area contributed by atoms with Gasteiger partial charge >= 0.3 is 0 Å². The molecule has 5 heteroatoms. The second-order valence-electron chi connectivity index (χ2n) is 4.88. The maximum absolute atomic E-state index is 14.0. The fourth-order valence-corrected chi connectivity index (χ4v) is 2.33. The lowest BCUT2D eigenvalue weighted by atomic mass is 10.0. The average Bonchev–Trinajstić information content (AvgIpc) is 2.82. The quantitative estimate of drug-likeness (QED) is 0.677. The number of hydrogen-bond donors (Lipinski definition) is 0. The molecule has 0 N–H and O–H groups in total. The molecule has 0 aliphatic heterocycles. The van der Waals surface area contributed by atoms with Gasteiger partial charge in [0.15, 0.2) is 11.6 Å². The van der Waals surface area contributed by atoms with Crippen molar-refractivity contribution in [3.8, 4) is 0 Å². The van der Waals surface area contributed by atoms with Gasteiger partial charge in [0, 0.05) is 12.4 Å². The molecule has 1 aromatic heterocycles. The molecule has 3 rings (SSSR count). The van der Waals surface area contributed by atoms with Gasteiger partial charge in [-0.1, -0.05) is 24.3 Å². The first-order valence-corrected chi connectivity index (χ1v) is 6.41. The number of benzene rings is 2. The van der Waals surface area contributed by atoms with Gasteiger partial charge < -0.3 is 0 Å². The molecule has 0 aliphatic rings. The van der Waals surface area contributed by atoms with E-state index in [-0.39, 0.29) is 16.8 Å². The topological polar surface area (TPSA) is 34.9 Å². The summed E-state index contributed by atoms with van der Waals surface area (Å²) in [5.74, 6) is -2.75. The molecular weight excluding hydrogens is 274 g/mol. The zero-order valence-electron chi connectivity index (χ0n) is 11.5. The van der Waals surface area contributed by atoms with Crippen LogP contribution in [0.5, 0.6) is 0 Å². The van der Waals surface area contributed by atoms with Gasteiger partial charge in [0.05, 0.1) is 11.1 Å². The third-order valence-corrected chi connectivity index (χ3v) is 3.49. The third kappa shape index (κ3) is 2.01. The number of halogens is 2. The van der Waals surface area contributed by atoms with Crippen LogP contribution < -0.4 is 0 Å². The van der Waals surface area contributed by atoms with E-state index in [4.69, 9.17) is 0 Å². The van der Waals surface area contributed by atoms with Gasteiger partial charge in [-0.05, 0) is 24.6 Å². The highest BCUT2D eigenvalue weighted by Crippen LogP contribution is 2.23. The zero-order chi connectivity index (χ0) is 15.1. The van der Waals surface area contributed by atoms with E-state index in [1.807, 2.05) is 12.1 Å². The number of carbonyl (C=O) groups excluding carboxylic acids is 1. The summed E-state index contributed by atoms with van der Waals surface area (Å²) < 4.78 is 29.2. The molecule has 0 fully saturated rings. The lowest BCUT2D eigenvalue weighted by molar-refractivity contribution is 0.103. The summed E-state index contributed by atoms with van der Waals surface area (Å²) in [5, 5.41) is 4.75. The Balaban J connectivity index is 2.20. The Kier molecular flexibility index (Phi) is 3.05. The van der Waals surface area contributed by atoms with E-state index in [1.165, 1.54) is 19.1 Å². The molecule has 0 bridgehead atoms. The number of aryl methyl sites for hydroxylation is 2. The minimum atomic E-state index is -1.13. The summed E-state index contributed by atoms with van der Waals surface area (Å²) in [4.78, 5) is 12.5. The molecule has 1 heterocycles. The number of rotatable bonds is 2. The summed E-state index contributed by atoms with van der Waals surface area (Å²) in [6.45, 7) is 1.45. The van der Waals surface area contributed by atoms with Gasteiger partial charge in [0.25, 0.3) is 0 Å². The number of nitrogens with zero attached hydrogens (tertiary/aromatic N) is 2. The number of carbonyl (C=O) groups is 1. The molecule has 0 aliphatic carbocycles. The van der Waals surface area contributed by atoms with Crippen molar-refractivity contribution >= 4 is 16.7 Å². The van der Waals surface area contributed by atoms with Crippen molar-refractivity contribution in [1.82, 2.24) is 9.78 Å². The predicted octanol–water partition coefficient (Wildman–Crippen LogP) is 3.39. The van der Waals surface area contributed by atoms with E-state index < -0.39 is 17.4 Å². The molecule has 0 amide bonds. The van der Waals surface area contributed by atoms with Crippen LogP contribution in [0.25, 0.3) is 10.9 Å². The van der Waals surface area contributed by atoms with Crippen molar-refractivity contribution in [2.75, 3.05) is 0 Å². The summed E-state index contributed by atoms with van der Waals surface area (Å²) in [7, 11) is 1.70. The van der Waals surface area contributed by atoms with E-state index in [1.54, 1.807) is 23.9 Å². The van der Waals surface area contributed by atoms with Crippen molar-refractivity contribution in [3.05, 3.63) is 64.9 Å². The normalized spacial score (nSPS) is 11.0. The summed E-state index contributed by atoms with van der Waals surface area (Å²) in [6, 6.07) is 9.82. The Morgan fingerprint density at radius 2 is 1.81 bits per heavy atom. The van der Waals surface area contributed by atoms with Crippen LogP contribution in [0.1, 0.15) is 21.6 Å². The summed E-state index contributed by atoms with van der Waals surface area (Å²) in [5.41, 5.74) is 0.737. The standard InChI is InChI=1S/C16H12F2N2O/c1-9-7-8-11(14(18)13(9)17)16(21)15-10-5-3-4-6-12(10)20(2)19-15/h3-8H,1-2H3. The number of fused-ring (bicyclic) bond motifs is 1. The SMILES string of the molecule is Cc1ccc(C(=O)c2nn(C)c3ccccc23)c(F)c1F. The highest BCUT2D eigenvalue weighted by atomic mass is 19.2. The molecule has 21 heavy (non-hydrogen) atoms. The van der Waals surface area contributed by atoms with Crippen LogP contribution in [0.3, 0.4) is 0 Å². The molecule has 106 valence electrons. The number of para-hydroxylation sites is 1. The fourth-order valence-electron chi connectivity index (χ4n) is 2.33. The van der Waals surface area contributed by atoms with E-state index in [9.17, 15) is 13.6 Å². The Morgan fingerprint density at radius 1 is 1.10 bits per heavy atom. The predicted molar refractivity (Wildman–Crippen MR) is 75.2 cm³/mol. The van der Waals surface area contributed by atoms with Crippen molar-refractivity contribution in [2.45, 2.75) is 6.92 Å². The number of aromatic nitrogens is 2. The van der Waals surface area contributed by atoms with E-state index >= 15 is 0 Å². The monoisotopic (exact) mass is 286 g/mol. The first-order valence-electron chi connectivity index (χ1n) is 6.41. The highest BCUT2D eigenvalue weighted by molar-refractivity contribution is 6.15. The largest absolute Gasteiger partial charge is 0.287 e. The first kappa shape index (κ1) is 13.4. The number of hydrogen-bond acceptors (Lipinski definition) is 2. The summed E-state index contributed by atoms with van der Waals surface area (Å²) in [6.07, 6.45) is 0. The van der Waals surface area contributed by atoms with Crippen molar-refractivity contribution in [1.29, 1.82) is 0 Å². The maximum Gasteiger partial charge on any atom is 0.216 e. The molecule has 0 radical (unpaired) electrons. The van der Waals surface area contributed by atoms with Gasteiger partial charge in [0.1, 0.15) is 5.69 Å². The Bertz CT molecular complexity index is 868. The molecule has 2 aromatic carbocycles. The van der Waals surface area contributed by atoms with Crippen LogP contribution in [0.2, 0.25) is 0 Å². The van der Waals surface area contributed by atoms with E-state index in [0.717, 1.165) is 5.52 Å². The van der Waals surface area contributed by atoms with Crippen LogP contribution in [0.15, 0.2) is 36.4 Å². The third-order valence-electron chi connectivity index (χ3n) is 3.49. The highest BCUT2D eigenvalue weighted by Gasteiger charge is 2.22. The smallest absolute Gasteiger partial charge is 0.216 e. The Labute approximate surface area is 119 Å². The molecule has 0 saturated heterocycles. The molecule has 0 spiro atoms. The van der Waals surface area contributed by atoms with Gasteiger partial charge in [-0.15, -0.1) is 0 Å². The molecule has 0 unspecified atom stereocenters. The first-order chi connectivity index (χ1) is 10.0. The minimum Gasteiger partial charge on any atom is -0.287 e. The summed E-state index contributed by atoms with van der Waals surface area (Å²) >= 11 is 0. The van der Waals surface area contributed by atoms with Crippen molar-refractivity contribution in [2.24, 2.45) is 7.05 Å². The van der Waals surface area contributed by atoms with Crippen molar-refractivity contribution in [3.63, 3.8) is 0 Å². The Morgan fingerprint density at radius 3 is 2.57 bits per heavy atom. The second kappa shape index (κ2) is 4.77. The maximum atomic E-state index is 14.0. The fraction of sp³-hybridized carbons (Fsp3) is 0.125. The van der Waals surface area contributed by atoms with Crippen LogP contribution in [0.4, 0.5) is 8.78 Å². The van der Waals surface area contributed by atoms with E-state index in [0.29, 0.717) is 5.39 Å². The Hall–Kier alpha value is -2.56. The number of ketones is 1. The van der Waals surface area contributed by atoms with Gasteiger partial charge in [-0.3, -0.25) is 9.48 Å². The second-order valence-corrected chi connectivity index (χ2v) is 4.88. The minimum absolute atomic E-state index is 0.121. The molecule has 3 nitrogen and oxygen atoms in total. The lowest BCUT2D eigenvalue weighted by Gasteiger charge is -2.04. The van der Waals surface area contributed by atoms with Gasteiger partial charge in [-0.25, -0.2) is 8.78 Å². The van der Waals surface area contributed by atoms with Crippen LogP contribution in [-0.4, -0.2) is 15.6 Å². The zero-order valence-corrected chi connectivity index (χ0v) is 11.5. The van der Waals surface area contributed by atoms with Crippen LogP contribution >= 0.6 is 0 Å². The van der Waals surface area contributed by atoms with Crippen LogP contribution in [0, 0.1) is 18.6 Å². The average molecular weight is 286 g/mol. The molecular formula is C16H12F2N2O. The molecule has 3 aromatic rings. The van der Waals surface area contributed by atoms with Gasteiger partial charge in [0.2, 0.25) is 5.78 Å². The van der Waals surface area contributed by atoms with E-state index in [2.05, 4.69) is 5.10 Å². The van der Waals surface area contributed by atoms with Gasteiger partial charge in [-0.2, -0.15) is 5.10 Å². The van der Waals surface area contributed by atoms with Crippen LogP contribution in [-0.2, 0) is 7.05 Å². The lowest BCUT2D eigenvalue weighted by Crippen LogP contribution is -2.08. The molecule has 0 saturated carbocycles. The molecule has 0 atom stereocenters. The van der Waals surface area contributed by atoms with Crippen molar-refractivity contribution < 1.29 is 13.6 Å².